The molecule has 1 aliphatic carbocycles. The molecule has 0 bridgehead atoms. The number of nitrogens with zero attached hydrogens (tertiary/aromatic N) is 1. The van der Waals surface area contributed by atoms with E-state index in [1.54, 1.807) is 7.05 Å². The third-order valence-corrected chi connectivity index (χ3v) is 3.16. The summed E-state index contributed by atoms with van der Waals surface area (Å²) in [6.07, 6.45) is 8.92. The van der Waals surface area contributed by atoms with E-state index < -0.39 is 0 Å². The van der Waals surface area contributed by atoms with Crippen LogP contribution in [0.3, 0.4) is 0 Å². The van der Waals surface area contributed by atoms with Crippen molar-refractivity contribution in [3.8, 4) is 0 Å². The zero-order valence-electron chi connectivity index (χ0n) is 9.38. The van der Waals surface area contributed by atoms with Gasteiger partial charge in [-0.1, -0.05) is 32.1 Å². The Bertz CT molecular complexity index is 174. The molecule has 3 nitrogen and oxygen atoms in total. The van der Waals surface area contributed by atoms with Crippen LogP contribution in [0.1, 0.15) is 44.9 Å². The van der Waals surface area contributed by atoms with Crippen LogP contribution in [0.25, 0.3) is 0 Å². The first-order valence-electron chi connectivity index (χ1n) is 5.70. The van der Waals surface area contributed by atoms with Crippen LogP contribution in [0, 0.1) is 0 Å². The van der Waals surface area contributed by atoms with E-state index in [2.05, 4.69) is 5.32 Å². The minimum atomic E-state index is 0.0515. The summed E-state index contributed by atoms with van der Waals surface area (Å²) < 4.78 is 0. The lowest BCUT2D eigenvalue weighted by Crippen LogP contribution is -2.42. The Morgan fingerprint density at radius 1 is 1.14 bits per heavy atom. The lowest BCUT2D eigenvalue weighted by molar-refractivity contribution is 0.180. The molecule has 0 aromatic rings. The van der Waals surface area contributed by atoms with E-state index in [4.69, 9.17) is 0 Å². The quantitative estimate of drug-likeness (QED) is 0.689. The van der Waals surface area contributed by atoms with Gasteiger partial charge in [0.05, 0.1) is 0 Å². The van der Waals surface area contributed by atoms with E-state index in [0.717, 1.165) is 0 Å². The van der Waals surface area contributed by atoms with Crippen molar-refractivity contribution >= 4 is 6.03 Å². The van der Waals surface area contributed by atoms with Gasteiger partial charge in [0.25, 0.3) is 0 Å². The SMILES string of the molecule is CNC(=O)N(C)C1CCCCCCC1. The van der Waals surface area contributed by atoms with E-state index in [1.165, 1.54) is 44.9 Å². The largest absolute Gasteiger partial charge is 0.341 e. The topological polar surface area (TPSA) is 32.3 Å². The van der Waals surface area contributed by atoms with Gasteiger partial charge in [-0.25, -0.2) is 4.79 Å². The Hall–Kier alpha value is -0.730. The summed E-state index contributed by atoms with van der Waals surface area (Å²) in [6.45, 7) is 0. The molecular formula is C11H22N2O. The Labute approximate surface area is 86.9 Å². The van der Waals surface area contributed by atoms with Gasteiger partial charge < -0.3 is 10.2 Å². The Morgan fingerprint density at radius 3 is 2.14 bits per heavy atom. The average Bonchev–Trinajstić information content (AvgIpc) is 2.15. The summed E-state index contributed by atoms with van der Waals surface area (Å²) in [6, 6.07) is 0.505. The van der Waals surface area contributed by atoms with Crippen molar-refractivity contribution in [2.45, 2.75) is 51.0 Å². The maximum Gasteiger partial charge on any atom is 0.317 e. The van der Waals surface area contributed by atoms with Crippen molar-refractivity contribution in [2.75, 3.05) is 14.1 Å². The molecule has 0 radical (unpaired) electrons. The number of hydrogen-bond acceptors (Lipinski definition) is 1. The molecule has 82 valence electrons. The van der Waals surface area contributed by atoms with Crippen molar-refractivity contribution in [1.29, 1.82) is 0 Å². The Balaban J connectivity index is 2.42. The molecule has 14 heavy (non-hydrogen) atoms. The molecule has 0 aromatic carbocycles. The van der Waals surface area contributed by atoms with Crippen LogP contribution >= 0.6 is 0 Å². The molecule has 0 spiro atoms. The average molecular weight is 198 g/mol. The predicted molar refractivity (Wildman–Crippen MR) is 58.3 cm³/mol. The van der Waals surface area contributed by atoms with E-state index in [0.29, 0.717) is 6.04 Å². The molecule has 0 unspecified atom stereocenters. The van der Waals surface area contributed by atoms with Gasteiger partial charge in [-0.2, -0.15) is 0 Å². The van der Waals surface area contributed by atoms with Gasteiger partial charge in [0, 0.05) is 20.1 Å². The lowest BCUT2D eigenvalue weighted by Gasteiger charge is -2.29. The van der Waals surface area contributed by atoms with Crippen LogP contribution in [0.2, 0.25) is 0 Å². The molecule has 0 atom stereocenters. The molecule has 0 aliphatic heterocycles. The molecule has 0 heterocycles. The highest BCUT2D eigenvalue weighted by Gasteiger charge is 2.19. The second-order valence-electron chi connectivity index (χ2n) is 4.16. The summed E-state index contributed by atoms with van der Waals surface area (Å²) in [5.41, 5.74) is 0. The molecular weight excluding hydrogens is 176 g/mol. The van der Waals surface area contributed by atoms with E-state index >= 15 is 0 Å². The first-order chi connectivity index (χ1) is 6.75. The van der Waals surface area contributed by atoms with Crippen molar-refractivity contribution in [3.05, 3.63) is 0 Å². The molecule has 0 aromatic heterocycles. The first kappa shape index (κ1) is 11.3. The number of amides is 2. The molecule has 1 fully saturated rings. The van der Waals surface area contributed by atoms with Crippen molar-refractivity contribution in [3.63, 3.8) is 0 Å². The van der Waals surface area contributed by atoms with Crippen molar-refractivity contribution < 1.29 is 4.79 Å². The lowest BCUT2D eigenvalue weighted by atomic mass is 9.96. The molecule has 1 aliphatic rings. The minimum Gasteiger partial charge on any atom is -0.341 e. The van der Waals surface area contributed by atoms with Gasteiger partial charge in [0.15, 0.2) is 0 Å². The van der Waals surface area contributed by atoms with Gasteiger partial charge >= 0.3 is 6.03 Å². The minimum absolute atomic E-state index is 0.0515. The fraction of sp³-hybridized carbons (Fsp3) is 0.909. The van der Waals surface area contributed by atoms with Crippen LogP contribution in [0.4, 0.5) is 4.79 Å². The standard InChI is InChI=1S/C11H22N2O/c1-12-11(14)13(2)10-8-6-4-3-5-7-9-10/h10H,3-9H2,1-2H3,(H,12,14). The van der Waals surface area contributed by atoms with E-state index in [-0.39, 0.29) is 6.03 Å². The highest BCUT2D eigenvalue weighted by atomic mass is 16.2. The van der Waals surface area contributed by atoms with Crippen LogP contribution in [-0.4, -0.2) is 31.1 Å². The highest BCUT2D eigenvalue weighted by molar-refractivity contribution is 5.73. The highest BCUT2D eigenvalue weighted by Crippen LogP contribution is 2.20. The second kappa shape index (κ2) is 5.89. The van der Waals surface area contributed by atoms with Crippen molar-refractivity contribution in [2.24, 2.45) is 0 Å². The van der Waals surface area contributed by atoms with Crippen LogP contribution in [0.5, 0.6) is 0 Å². The monoisotopic (exact) mass is 198 g/mol. The number of hydrogen-bond donors (Lipinski definition) is 1. The van der Waals surface area contributed by atoms with Crippen LogP contribution in [-0.2, 0) is 0 Å². The van der Waals surface area contributed by atoms with Gasteiger partial charge in [-0.05, 0) is 12.8 Å². The molecule has 1 N–H and O–H groups in total. The number of carbonyl (C=O) groups is 1. The van der Waals surface area contributed by atoms with Gasteiger partial charge in [-0.3, -0.25) is 0 Å². The summed E-state index contributed by atoms with van der Waals surface area (Å²) in [7, 11) is 3.60. The molecule has 0 saturated heterocycles. The Kier molecular flexibility index (Phi) is 4.77. The second-order valence-corrected chi connectivity index (χ2v) is 4.16. The van der Waals surface area contributed by atoms with Crippen molar-refractivity contribution in [1.82, 2.24) is 10.2 Å². The Morgan fingerprint density at radius 2 is 1.64 bits per heavy atom. The van der Waals surface area contributed by atoms with Crippen LogP contribution < -0.4 is 5.32 Å². The van der Waals surface area contributed by atoms with Gasteiger partial charge in [-0.15, -0.1) is 0 Å². The number of rotatable bonds is 1. The predicted octanol–water partition coefficient (Wildman–Crippen LogP) is 2.37. The number of urea groups is 1. The normalized spacial score (nSPS) is 19.6. The summed E-state index contributed by atoms with van der Waals surface area (Å²) in [5.74, 6) is 0. The van der Waals surface area contributed by atoms with E-state index in [9.17, 15) is 4.79 Å². The smallest absolute Gasteiger partial charge is 0.317 e. The van der Waals surface area contributed by atoms with Gasteiger partial charge in [0.1, 0.15) is 0 Å². The molecule has 3 heteroatoms. The number of carbonyl (C=O) groups excluding carboxylic acids is 1. The summed E-state index contributed by atoms with van der Waals surface area (Å²) in [5, 5.41) is 2.69. The van der Waals surface area contributed by atoms with Gasteiger partial charge in [0.2, 0.25) is 0 Å². The molecule has 2 amide bonds. The fourth-order valence-corrected chi connectivity index (χ4v) is 2.16. The summed E-state index contributed by atoms with van der Waals surface area (Å²) >= 11 is 0. The maximum atomic E-state index is 11.4. The molecule has 1 rings (SSSR count). The fourth-order valence-electron chi connectivity index (χ4n) is 2.16. The maximum absolute atomic E-state index is 11.4. The van der Waals surface area contributed by atoms with Crippen LogP contribution in [0.15, 0.2) is 0 Å². The summed E-state index contributed by atoms with van der Waals surface area (Å²) in [4.78, 5) is 13.3. The zero-order chi connectivity index (χ0) is 10.4. The third-order valence-electron chi connectivity index (χ3n) is 3.16. The third kappa shape index (κ3) is 3.20. The first-order valence-corrected chi connectivity index (χ1v) is 5.70. The number of nitrogens with one attached hydrogen (secondary N) is 1. The molecule has 1 saturated carbocycles. The zero-order valence-corrected chi connectivity index (χ0v) is 9.38. The van der Waals surface area contributed by atoms with E-state index in [1.807, 2.05) is 11.9 Å².